The lowest BCUT2D eigenvalue weighted by Gasteiger charge is -2.44. The first-order valence-electron chi connectivity index (χ1n) is 8.29. The maximum Gasteiger partial charge on any atom is 0.123 e. The van der Waals surface area contributed by atoms with E-state index in [2.05, 4.69) is 31.0 Å². The van der Waals surface area contributed by atoms with Crippen molar-refractivity contribution < 1.29 is 4.39 Å². The van der Waals surface area contributed by atoms with Crippen molar-refractivity contribution in [3.63, 3.8) is 0 Å². The van der Waals surface area contributed by atoms with E-state index in [0.717, 1.165) is 19.6 Å². The normalized spacial score (nSPS) is 19.2. The van der Waals surface area contributed by atoms with Gasteiger partial charge in [-0.05, 0) is 64.0 Å². The third-order valence-corrected chi connectivity index (χ3v) is 4.74. The van der Waals surface area contributed by atoms with Crippen LogP contribution in [0.1, 0.15) is 58.1 Å². The average molecular weight is 292 g/mol. The van der Waals surface area contributed by atoms with E-state index >= 15 is 0 Å². The summed E-state index contributed by atoms with van der Waals surface area (Å²) in [6.45, 7) is 10.0. The van der Waals surface area contributed by atoms with Crippen molar-refractivity contribution in [2.45, 2.75) is 58.0 Å². The molecule has 0 bridgehead atoms. The molecule has 0 radical (unpaired) electrons. The highest BCUT2D eigenvalue weighted by Gasteiger charge is 2.36. The summed E-state index contributed by atoms with van der Waals surface area (Å²) >= 11 is 0. The SMILES string of the molecule is CCNC(c1ccc(F)cc1)C(C)(C)N1CCCCCC1. The molecular formula is C18H29FN2. The third kappa shape index (κ3) is 4.04. The molecule has 0 spiro atoms. The summed E-state index contributed by atoms with van der Waals surface area (Å²) in [5.74, 6) is -0.165. The maximum absolute atomic E-state index is 13.2. The van der Waals surface area contributed by atoms with Crippen LogP contribution in [0.15, 0.2) is 24.3 Å². The Bertz CT molecular complexity index is 419. The minimum atomic E-state index is -0.165. The second kappa shape index (κ2) is 7.37. The van der Waals surface area contributed by atoms with Crippen molar-refractivity contribution in [3.8, 4) is 0 Å². The van der Waals surface area contributed by atoms with E-state index in [-0.39, 0.29) is 17.4 Å². The minimum absolute atomic E-state index is 0.0260. The van der Waals surface area contributed by atoms with Gasteiger partial charge in [-0.15, -0.1) is 0 Å². The van der Waals surface area contributed by atoms with Gasteiger partial charge in [-0.1, -0.05) is 31.9 Å². The Hall–Kier alpha value is -0.930. The summed E-state index contributed by atoms with van der Waals surface area (Å²) in [6.07, 6.45) is 5.25. The largest absolute Gasteiger partial charge is 0.309 e. The smallest absolute Gasteiger partial charge is 0.123 e. The molecular weight excluding hydrogens is 263 g/mol. The molecule has 2 rings (SSSR count). The summed E-state index contributed by atoms with van der Waals surface area (Å²) in [4.78, 5) is 2.61. The van der Waals surface area contributed by atoms with Gasteiger partial charge in [0.15, 0.2) is 0 Å². The van der Waals surface area contributed by atoms with Crippen LogP contribution >= 0.6 is 0 Å². The Morgan fingerprint density at radius 2 is 1.67 bits per heavy atom. The molecule has 1 N–H and O–H groups in total. The third-order valence-electron chi connectivity index (χ3n) is 4.74. The fraction of sp³-hybridized carbons (Fsp3) is 0.667. The number of likely N-dealkylation sites (N-methyl/N-ethyl adjacent to an activating group) is 1. The van der Waals surface area contributed by atoms with Gasteiger partial charge in [-0.3, -0.25) is 4.90 Å². The van der Waals surface area contributed by atoms with E-state index in [0.29, 0.717) is 0 Å². The predicted molar refractivity (Wildman–Crippen MR) is 86.9 cm³/mol. The summed E-state index contributed by atoms with van der Waals surface area (Å²) in [6, 6.07) is 7.20. The number of benzene rings is 1. The number of halogens is 1. The molecule has 1 aliphatic rings. The molecule has 1 unspecified atom stereocenters. The lowest BCUT2D eigenvalue weighted by molar-refractivity contribution is 0.0840. The van der Waals surface area contributed by atoms with E-state index in [1.807, 2.05) is 12.1 Å². The van der Waals surface area contributed by atoms with Crippen molar-refractivity contribution in [1.82, 2.24) is 10.2 Å². The van der Waals surface area contributed by atoms with E-state index in [9.17, 15) is 4.39 Å². The number of nitrogens with one attached hydrogen (secondary N) is 1. The number of hydrogen-bond donors (Lipinski definition) is 1. The molecule has 1 atom stereocenters. The Labute approximate surface area is 128 Å². The van der Waals surface area contributed by atoms with Gasteiger partial charge in [0.05, 0.1) is 6.04 Å². The Morgan fingerprint density at radius 3 is 2.19 bits per heavy atom. The van der Waals surface area contributed by atoms with Gasteiger partial charge in [-0.2, -0.15) is 0 Å². The topological polar surface area (TPSA) is 15.3 Å². The van der Waals surface area contributed by atoms with Crippen LogP contribution in [0, 0.1) is 5.82 Å². The molecule has 2 nitrogen and oxygen atoms in total. The van der Waals surface area contributed by atoms with Crippen molar-refractivity contribution in [2.24, 2.45) is 0 Å². The van der Waals surface area contributed by atoms with Crippen LogP contribution in [0.5, 0.6) is 0 Å². The summed E-state index contributed by atoms with van der Waals surface area (Å²) in [7, 11) is 0. The van der Waals surface area contributed by atoms with Gasteiger partial charge < -0.3 is 5.32 Å². The molecule has 1 aromatic carbocycles. The number of rotatable bonds is 5. The van der Waals surface area contributed by atoms with Gasteiger partial charge in [-0.25, -0.2) is 4.39 Å². The first kappa shape index (κ1) is 16.4. The maximum atomic E-state index is 13.2. The van der Waals surface area contributed by atoms with Crippen LogP contribution in [0.2, 0.25) is 0 Å². The Morgan fingerprint density at radius 1 is 1.10 bits per heavy atom. The standard InChI is InChI=1S/C18H29FN2/c1-4-20-17(15-9-11-16(19)12-10-15)18(2,3)21-13-7-5-6-8-14-21/h9-12,17,20H,4-8,13-14H2,1-3H3. The van der Waals surface area contributed by atoms with Crippen molar-refractivity contribution in [2.75, 3.05) is 19.6 Å². The monoisotopic (exact) mass is 292 g/mol. The minimum Gasteiger partial charge on any atom is -0.309 e. The van der Waals surface area contributed by atoms with E-state index in [4.69, 9.17) is 0 Å². The molecule has 0 aliphatic carbocycles. The lowest BCUT2D eigenvalue weighted by atomic mass is 9.86. The molecule has 21 heavy (non-hydrogen) atoms. The van der Waals surface area contributed by atoms with Crippen LogP contribution < -0.4 is 5.32 Å². The fourth-order valence-electron chi connectivity index (χ4n) is 3.46. The molecule has 0 saturated carbocycles. The van der Waals surface area contributed by atoms with Crippen LogP contribution in [-0.4, -0.2) is 30.1 Å². The van der Waals surface area contributed by atoms with Crippen molar-refractivity contribution in [3.05, 3.63) is 35.6 Å². The number of likely N-dealkylation sites (tertiary alicyclic amines) is 1. The lowest BCUT2D eigenvalue weighted by Crippen LogP contribution is -2.53. The Balaban J connectivity index is 2.23. The Kier molecular flexibility index (Phi) is 5.77. The highest BCUT2D eigenvalue weighted by Crippen LogP contribution is 2.33. The van der Waals surface area contributed by atoms with Gasteiger partial charge >= 0.3 is 0 Å². The molecule has 0 aromatic heterocycles. The molecule has 1 fully saturated rings. The fourth-order valence-corrected chi connectivity index (χ4v) is 3.46. The zero-order valence-electron chi connectivity index (χ0n) is 13.7. The van der Waals surface area contributed by atoms with Gasteiger partial charge in [0.2, 0.25) is 0 Å². The molecule has 1 aromatic rings. The van der Waals surface area contributed by atoms with Crippen LogP contribution in [0.4, 0.5) is 4.39 Å². The molecule has 3 heteroatoms. The molecule has 1 heterocycles. The van der Waals surface area contributed by atoms with Crippen molar-refractivity contribution in [1.29, 1.82) is 0 Å². The van der Waals surface area contributed by atoms with Crippen molar-refractivity contribution >= 4 is 0 Å². The van der Waals surface area contributed by atoms with Gasteiger partial charge in [0.1, 0.15) is 5.82 Å². The highest BCUT2D eigenvalue weighted by atomic mass is 19.1. The first-order valence-corrected chi connectivity index (χ1v) is 8.29. The van der Waals surface area contributed by atoms with Crippen LogP contribution in [0.3, 0.4) is 0 Å². The summed E-state index contributed by atoms with van der Waals surface area (Å²) in [5, 5.41) is 3.61. The average Bonchev–Trinajstić information content (AvgIpc) is 2.75. The molecule has 1 aliphatic heterocycles. The van der Waals surface area contributed by atoms with E-state index < -0.39 is 0 Å². The van der Waals surface area contributed by atoms with Gasteiger partial charge in [0.25, 0.3) is 0 Å². The van der Waals surface area contributed by atoms with Gasteiger partial charge in [0, 0.05) is 5.54 Å². The number of hydrogen-bond acceptors (Lipinski definition) is 2. The highest BCUT2D eigenvalue weighted by molar-refractivity contribution is 5.23. The van der Waals surface area contributed by atoms with Crippen LogP contribution in [-0.2, 0) is 0 Å². The molecule has 118 valence electrons. The summed E-state index contributed by atoms with van der Waals surface area (Å²) in [5.41, 5.74) is 1.20. The van der Waals surface area contributed by atoms with Crippen LogP contribution in [0.25, 0.3) is 0 Å². The second-order valence-corrected chi connectivity index (χ2v) is 6.60. The first-order chi connectivity index (χ1) is 10.1. The summed E-state index contributed by atoms with van der Waals surface area (Å²) < 4.78 is 13.2. The zero-order chi connectivity index (χ0) is 15.3. The predicted octanol–water partition coefficient (Wildman–Crippen LogP) is 4.13. The number of nitrogens with zero attached hydrogens (tertiary/aromatic N) is 1. The quantitative estimate of drug-likeness (QED) is 0.878. The molecule has 1 saturated heterocycles. The zero-order valence-corrected chi connectivity index (χ0v) is 13.7. The molecule has 0 amide bonds. The van der Waals surface area contributed by atoms with E-state index in [1.54, 1.807) is 12.1 Å². The second-order valence-electron chi connectivity index (χ2n) is 6.60. The van der Waals surface area contributed by atoms with E-state index in [1.165, 1.54) is 31.2 Å².